The Balaban J connectivity index is 1.56. The first kappa shape index (κ1) is 23.1. The van der Waals surface area contributed by atoms with Crippen molar-refractivity contribution < 1.29 is 23.8 Å². The molecular weight excluding hydrogens is 460 g/mol. The Morgan fingerprint density at radius 3 is 2.64 bits per heavy atom. The highest BCUT2D eigenvalue weighted by Crippen LogP contribution is 2.36. The summed E-state index contributed by atoms with van der Waals surface area (Å²) in [6.45, 7) is 1.95. The molecule has 3 heterocycles. The third kappa shape index (κ3) is 4.76. The van der Waals surface area contributed by atoms with Gasteiger partial charge in [-0.3, -0.25) is 14.3 Å². The number of carboxylic acid groups (broad SMARTS) is 1. The average Bonchev–Trinajstić information content (AvgIpc) is 3.48. The fourth-order valence-electron chi connectivity index (χ4n) is 4.18. The molecule has 0 saturated carbocycles. The number of fused-ring (bicyclic) bond motifs is 1. The Kier molecular flexibility index (Phi) is 6.12. The molecule has 0 atom stereocenters. The van der Waals surface area contributed by atoms with Crippen LogP contribution in [0.4, 0.5) is 5.69 Å². The van der Waals surface area contributed by atoms with Crippen LogP contribution in [0.2, 0.25) is 0 Å². The molecule has 0 bridgehead atoms. The van der Waals surface area contributed by atoms with E-state index >= 15 is 0 Å². The summed E-state index contributed by atoms with van der Waals surface area (Å²) in [4.78, 5) is 30.7. The van der Waals surface area contributed by atoms with Gasteiger partial charge in [0.2, 0.25) is 11.8 Å². The van der Waals surface area contributed by atoms with E-state index in [-0.39, 0.29) is 18.9 Å². The number of aromatic nitrogens is 3. The number of rotatable bonds is 7. The maximum atomic E-state index is 13.6. The van der Waals surface area contributed by atoms with Crippen molar-refractivity contribution in [1.29, 1.82) is 0 Å². The minimum atomic E-state index is -0.970. The van der Waals surface area contributed by atoms with E-state index < -0.39 is 5.97 Å². The van der Waals surface area contributed by atoms with Crippen LogP contribution in [0.15, 0.2) is 65.5 Å². The second kappa shape index (κ2) is 9.53. The van der Waals surface area contributed by atoms with Crippen molar-refractivity contribution in [2.75, 3.05) is 12.0 Å². The van der Waals surface area contributed by atoms with Crippen molar-refractivity contribution in [2.45, 2.75) is 26.4 Å². The topological polar surface area (TPSA) is 111 Å². The van der Waals surface area contributed by atoms with Gasteiger partial charge in [0.15, 0.2) is 0 Å². The van der Waals surface area contributed by atoms with Crippen molar-refractivity contribution in [3.8, 4) is 16.9 Å². The Hall–Kier alpha value is -4.66. The van der Waals surface area contributed by atoms with E-state index in [1.807, 2.05) is 55.5 Å². The molecule has 0 spiro atoms. The predicted molar refractivity (Wildman–Crippen MR) is 133 cm³/mol. The Morgan fingerprint density at radius 1 is 1.14 bits per heavy atom. The van der Waals surface area contributed by atoms with Crippen molar-refractivity contribution in [3.05, 3.63) is 83.8 Å². The van der Waals surface area contributed by atoms with E-state index in [1.54, 1.807) is 30.6 Å². The summed E-state index contributed by atoms with van der Waals surface area (Å²) in [5, 5.41) is 13.2. The molecule has 1 amide bonds. The molecule has 1 N–H and O–H groups in total. The maximum absolute atomic E-state index is 13.6. The lowest BCUT2D eigenvalue weighted by molar-refractivity contribution is -0.137. The van der Waals surface area contributed by atoms with Crippen molar-refractivity contribution >= 4 is 29.2 Å². The van der Waals surface area contributed by atoms with Crippen LogP contribution in [0, 0.1) is 6.92 Å². The molecule has 1 aliphatic heterocycles. The number of anilines is 1. The quantitative estimate of drug-likeness (QED) is 0.413. The van der Waals surface area contributed by atoms with E-state index in [1.165, 1.54) is 4.68 Å². The molecule has 0 aliphatic carbocycles. The highest BCUT2D eigenvalue weighted by atomic mass is 16.5. The first-order chi connectivity index (χ1) is 17.4. The number of benzene rings is 2. The van der Waals surface area contributed by atoms with Gasteiger partial charge >= 0.3 is 5.97 Å². The normalized spacial score (nSPS) is 13.2. The highest BCUT2D eigenvalue weighted by Gasteiger charge is 2.26. The summed E-state index contributed by atoms with van der Waals surface area (Å²) in [6.07, 6.45) is 7.01. The van der Waals surface area contributed by atoms with Gasteiger partial charge in [-0.15, -0.1) is 0 Å². The van der Waals surface area contributed by atoms with Crippen LogP contribution >= 0.6 is 0 Å². The molecule has 182 valence electrons. The average molecular weight is 485 g/mol. The molecule has 2 aromatic heterocycles. The summed E-state index contributed by atoms with van der Waals surface area (Å²) in [6, 6.07) is 13.4. The van der Waals surface area contributed by atoms with E-state index in [2.05, 4.69) is 10.1 Å². The van der Waals surface area contributed by atoms with E-state index in [9.17, 15) is 9.59 Å². The lowest BCUT2D eigenvalue weighted by atomic mass is 10.0. The fourth-order valence-corrected chi connectivity index (χ4v) is 4.18. The van der Waals surface area contributed by atoms with Gasteiger partial charge in [0.1, 0.15) is 18.1 Å². The minimum absolute atomic E-state index is 0.0922. The number of amides is 1. The number of ether oxygens (including phenoxy) is 1. The number of carbonyl (C=O) groups excluding carboxylic acids is 1. The summed E-state index contributed by atoms with van der Waals surface area (Å²) in [7, 11) is 1.61. The number of oxazole rings is 1. The molecule has 0 radical (unpaired) electrons. The number of hydrogen-bond donors (Lipinski definition) is 1. The number of aliphatic carboxylic acids is 1. The monoisotopic (exact) mass is 484 g/mol. The highest BCUT2D eigenvalue weighted by molar-refractivity contribution is 6.06. The smallest absolute Gasteiger partial charge is 0.325 e. The first-order valence-electron chi connectivity index (χ1n) is 11.3. The SMILES string of the molecule is COc1ccc(CN2C(=O)CC(c3ncc(C)o3)=Cc3ccc(-c4cnn(CC(=O)O)c4)cc32)cc1. The van der Waals surface area contributed by atoms with Gasteiger partial charge in [-0.1, -0.05) is 24.3 Å². The molecule has 2 aromatic carbocycles. The molecule has 1 aliphatic rings. The number of carbonyl (C=O) groups is 2. The van der Waals surface area contributed by atoms with Crippen LogP contribution in [-0.2, 0) is 22.7 Å². The number of nitrogens with zero attached hydrogens (tertiary/aromatic N) is 4. The van der Waals surface area contributed by atoms with Crippen molar-refractivity contribution in [3.63, 3.8) is 0 Å². The Morgan fingerprint density at radius 2 is 1.94 bits per heavy atom. The van der Waals surface area contributed by atoms with Crippen LogP contribution in [0.25, 0.3) is 22.8 Å². The van der Waals surface area contributed by atoms with E-state index in [4.69, 9.17) is 14.3 Å². The van der Waals surface area contributed by atoms with Crippen LogP contribution < -0.4 is 9.64 Å². The zero-order valence-electron chi connectivity index (χ0n) is 19.8. The second-order valence-electron chi connectivity index (χ2n) is 8.54. The summed E-state index contributed by atoms with van der Waals surface area (Å²) < 4.78 is 12.4. The Labute approximate surface area is 207 Å². The molecule has 36 heavy (non-hydrogen) atoms. The molecule has 9 nitrogen and oxygen atoms in total. The molecule has 9 heteroatoms. The number of aryl methyl sites for hydroxylation is 1. The van der Waals surface area contributed by atoms with Gasteiger partial charge in [0.05, 0.1) is 38.2 Å². The molecule has 0 fully saturated rings. The van der Waals surface area contributed by atoms with Gasteiger partial charge in [0.25, 0.3) is 0 Å². The zero-order valence-corrected chi connectivity index (χ0v) is 19.8. The molecule has 0 saturated heterocycles. The van der Waals surface area contributed by atoms with Gasteiger partial charge < -0.3 is 19.2 Å². The fraction of sp³-hybridized carbons (Fsp3) is 0.185. The Bertz CT molecular complexity index is 1470. The minimum Gasteiger partial charge on any atom is -0.497 e. The van der Waals surface area contributed by atoms with Gasteiger partial charge in [-0.25, -0.2) is 4.98 Å². The van der Waals surface area contributed by atoms with Crippen molar-refractivity contribution in [2.24, 2.45) is 0 Å². The third-order valence-corrected chi connectivity index (χ3v) is 5.95. The standard InChI is InChI=1S/C27H24N4O5/c1-17-12-28-27(36-17)21-9-20-6-5-19(22-13-29-30(15-22)16-26(33)34)10-24(20)31(25(32)11-21)14-18-3-7-23(35-2)8-4-18/h3-10,12-13,15H,11,14,16H2,1-2H3,(H,33,34). The second-order valence-corrected chi connectivity index (χ2v) is 8.54. The molecule has 0 unspecified atom stereocenters. The number of carboxylic acids is 1. The molecule has 4 aromatic rings. The number of methoxy groups -OCH3 is 1. The van der Waals surface area contributed by atoms with Crippen LogP contribution in [0.3, 0.4) is 0 Å². The lowest BCUT2D eigenvalue weighted by Crippen LogP contribution is -2.30. The van der Waals surface area contributed by atoms with Gasteiger partial charge in [-0.2, -0.15) is 5.10 Å². The summed E-state index contributed by atoms with van der Waals surface area (Å²) in [5.74, 6) is 0.779. The largest absolute Gasteiger partial charge is 0.497 e. The van der Waals surface area contributed by atoms with Crippen molar-refractivity contribution in [1.82, 2.24) is 14.8 Å². The van der Waals surface area contributed by atoms with E-state index in [0.29, 0.717) is 23.8 Å². The van der Waals surface area contributed by atoms with Gasteiger partial charge in [-0.05, 0) is 47.9 Å². The zero-order chi connectivity index (χ0) is 25.2. The lowest BCUT2D eigenvalue weighted by Gasteiger charge is -2.24. The maximum Gasteiger partial charge on any atom is 0.325 e. The first-order valence-corrected chi connectivity index (χ1v) is 11.3. The molecule has 5 rings (SSSR count). The van der Waals surface area contributed by atoms with Crippen LogP contribution in [0.1, 0.15) is 29.2 Å². The van der Waals surface area contributed by atoms with E-state index in [0.717, 1.165) is 33.7 Å². The summed E-state index contributed by atoms with van der Waals surface area (Å²) in [5.41, 5.74) is 4.81. The van der Waals surface area contributed by atoms with Crippen LogP contribution in [-0.4, -0.2) is 38.9 Å². The van der Waals surface area contributed by atoms with Gasteiger partial charge in [0, 0.05) is 17.3 Å². The predicted octanol–water partition coefficient (Wildman–Crippen LogP) is 4.42. The third-order valence-electron chi connectivity index (χ3n) is 5.95. The van der Waals surface area contributed by atoms with Crippen LogP contribution in [0.5, 0.6) is 5.75 Å². The number of hydrogen-bond acceptors (Lipinski definition) is 6. The summed E-state index contributed by atoms with van der Waals surface area (Å²) >= 11 is 0. The molecular formula is C27H24N4O5.